The molecule has 1 aromatic carbocycles. The van der Waals surface area contributed by atoms with Gasteiger partial charge in [-0.25, -0.2) is 0 Å². The number of carbonyl (C=O) groups excluding carboxylic acids is 2. The van der Waals surface area contributed by atoms with Crippen LogP contribution in [-0.4, -0.2) is 33.1 Å². The molecular formula is C23H24N4O2. The summed E-state index contributed by atoms with van der Waals surface area (Å²) in [5, 5.41) is 3.41. The lowest BCUT2D eigenvalue weighted by Gasteiger charge is -2.31. The number of nitrogens with one attached hydrogen (secondary N) is 2. The minimum atomic E-state index is -0.538. The highest BCUT2D eigenvalue weighted by Gasteiger charge is 2.36. The van der Waals surface area contributed by atoms with Crippen molar-refractivity contribution in [2.75, 3.05) is 11.9 Å². The molecule has 29 heavy (non-hydrogen) atoms. The van der Waals surface area contributed by atoms with Crippen molar-refractivity contribution in [3.05, 3.63) is 66.1 Å². The summed E-state index contributed by atoms with van der Waals surface area (Å²) in [5.41, 5.74) is 4.22. The van der Waals surface area contributed by atoms with Gasteiger partial charge in [-0.2, -0.15) is 0 Å². The molecule has 2 N–H and O–H groups in total. The number of fused-ring (bicyclic) bond motifs is 1. The number of aromatic nitrogens is 2. The van der Waals surface area contributed by atoms with E-state index in [2.05, 4.69) is 15.3 Å². The van der Waals surface area contributed by atoms with Gasteiger partial charge >= 0.3 is 0 Å². The molecule has 0 saturated carbocycles. The summed E-state index contributed by atoms with van der Waals surface area (Å²) < 4.78 is 0. The molecule has 2 aromatic heterocycles. The first kappa shape index (κ1) is 18.9. The number of rotatable bonds is 3. The molecule has 4 rings (SSSR count). The molecule has 148 valence electrons. The van der Waals surface area contributed by atoms with Crippen LogP contribution in [0.2, 0.25) is 0 Å². The molecule has 1 aliphatic heterocycles. The fourth-order valence-electron chi connectivity index (χ4n) is 3.62. The zero-order valence-corrected chi connectivity index (χ0v) is 16.8. The van der Waals surface area contributed by atoms with Gasteiger partial charge in [0.25, 0.3) is 0 Å². The molecule has 0 aliphatic carbocycles. The molecule has 0 atom stereocenters. The van der Waals surface area contributed by atoms with Gasteiger partial charge in [0.05, 0.1) is 30.0 Å². The van der Waals surface area contributed by atoms with Crippen molar-refractivity contribution in [3.8, 4) is 11.3 Å². The van der Waals surface area contributed by atoms with Crippen LogP contribution in [0.5, 0.6) is 0 Å². The number of amides is 1. The van der Waals surface area contributed by atoms with E-state index in [1.54, 1.807) is 17.3 Å². The van der Waals surface area contributed by atoms with E-state index in [4.69, 9.17) is 0 Å². The van der Waals surface area contributed by atoms with Crippen molar-refractivity contribution >= 4 is 23.1 Å². The number of anilines is 2. The number of benzene rings is 1. The minimum absolute atomic E-state index is 0.0332. The zero-order valence-electron chi connectivity index (χ0n) is 16.8. The highest BCUT2D eigenvalue weighted by Crippen LogP contribution is 2.38. The Morgan fingerprint density at radius 2 is 1.76 bits per heavy atom. The van der Waals surface area contributed by atoms with Gasteiger partial charge < -0.3 is 15.2 Å². The lowest BCUT2D eigenvalue weighted by Crippen LogP contribution is -2.44. The second-order valence-corrected chi connectivity index (χ2v) is 8.29. The third-order valence-corrected chi connectivity index (χ3v) is 4.98. The van der Waals surface area contributed by atoms with E-state index in [9.17, 15) is 9.59 Å². The molecule has 0 unspecified atom stereocenters. The zero-order chi connectivity index (χ0) is 20.6. The summed E-state index contributed by atoms with van der Waals surface area (Å²) in [7, 11) is 0. The lowest BCUT2D eigenvalue weighted by molar-refractivity contribution is -0.139. The summed E-state index contributed by atoms with van der Waals surface area (Å²) in [6.07, 6.45) is 3.44. The number of hydrogen-bond donors (Lipinski definition) is 2. The highest BCUT2D eigenvalue weighted by molar-refractivity contribution is 6.09. The number of hydrogen-bond acceptors (Lipinski definition) is 4. The maximum Gasteiger partial charge on any atom is 0.228 e. The minimum Gasteiger partial charge on any atom is -0.355 e. The molecular weight excluding hydrogens is 364 g/mol. The highest BCUT2D eigenvalue weighted by atomic mass is 16.2. The molecule has 6 nitrogen and oxygen atoms in total. The van der Waals surface area contributed by atoms with Gasteiger partial charge in [0.2, 0.25) is 5.91 Å². The Balaban J connectivity index is 1.80. The number of ketones is 1. The van der Waals surface area contributed by atoms with Crippen LogP contribution in [0.15, 0.2) is 54.9 Å². The number of Topliss-reactive ketones (excluding diaryl/α,β-unsaturated/α-hetero) is 1. The van der Waals surface area contributed by atoms with Crippen molar-refractivity contribution < 1.29 is 9.59 Å². The van der Waals surface area contributed by atoms with Gasteiger partial charge in [-0.3, -0.25) is 14.6 Å². The SMILES string of the molecule is CC(C)(C)C(=O)N1CC(=O)c2c([nH]c(-c3ccncc3)c2Nc2ccccc2)C1. The van der Waals surface area contributed by atoms with Crippen LogP contribution in [0.3, 0.4) is 0 Å². The van der Waals surface area contributed by atoms with Crippen LogP contribution in [-0.2, 0) is 11.3 Å². The molecule has 0 saturated heterocycles. The van der Waals surface area contributed by atoms with Crippen molar-refractivity contribution in [2.24, 2.45) is 5.41 Å². The summed E-state index contributed by atoms with van der Waals surface area (Å²) in [5.74, 6) is -0.104. The molecule has 3 aromatic rings. The first-order chi connectivity index (χ1) is 13.8. The average molecular weight is 388 g/mol. The topological polar surface area (TPSA) is 78.1 Å². The van der Waals surface area contributed by atoms with Crippen LogP contribution in [0, 0.1) is 5.41 Å². The molecule has 6 heteroatoms. The average Bonchev–Trinajstić information content (AvgIpc) is 3.07. The van der Waals surface area contributed by atoms with E-state index >= 15 is 0 Å². The number of carbonyl (C=O) groups is 2. The predicted octanol–water partition coefficient (Wildman–Crippen LogP) is 4.39. The molecule has 0 fully saturated rings. The fourth-order valence-corrected chi connectivity index (χ4v) is 3.62. The maximum absolute atomic E-state index is 13.1. The summed E-state index contributed by atoms with van der Waals surface area (Å²) in [6, 6.07) is 13.5. The number of pyridine rings is 1. The third-order valence-electron chi connectivity index (χ3n) is 4.98. The van der Waals surface area contributed by atoms with Gasteiger partial charge in [0, 0.05) is 34.8 Å². The molecule has 1 aliphatic rings. The monoisotopic (exact) mass is 388 g/mol. The first-order valence-electron chi connectivity index (χ1n) is 9.64. The van der Waals surface area contributed by atoms with Crippen molar-refractivity contribution in [3.63, 3.8) is 0 Å². The van der Waals surface area contributed by atoms with E-state index in [1.807, 2.05) is 63.2 Å². The number of para-hydroxylation sites is 1. The number of aromatic amines is 1. The second kappa shape index (κ2) is 7.20. The van der Waals surface area contributed by atoms with Gasteiger partial charge in [-0.05, 0) is 24.3 Å². The summed E-state index contributed by atoms with van der Waals surface area (Å²) >= 11 is 0. The Bertz CT molecular complexity index is 1050. The largest absolute Gasteiger partial charge is 0.355 e. The molecule has 0 spiro atoms. The summed E-state index contributed by atoms with van der Waals surface area (Å²) in [6.45, 7) is 6.07. The third kappa shape index (κ3) is 3.66. The predicted molar refractivity (Wildman–Crippen MR) is 113 cm³/mol. The molecule has 3 heterocycles. The van der Waals surface area contributed by atoms with E-state index in [1.165, 1.54) is 0 Å². The van der Waals surface area contributed by atoms with E-state index in [-0.39, 0.29) is 18.2 Å². The van der Waals surface area contributed by atoms with Gasteiger partial charge in [-0.15, -0.1) is 0 Å². The van der Waals surface area contributed by atoms with Crippen molar-refractivity contribution in [1.82, 2.24) is 14.9 Å². The van der Waals surface area contributed by atoms with Crippen LogP contribution < -0.4 is 5.32 Å². The van der Waals surface area contributed by atoms with Gasteiger partial charge in [-0.1, -0.05) is 39.0 Å². The Morgan fingerprint density at radius 3 is 2.41 bits per heavy atom. The van der Waals surface area contributed by atoms with E-state index in [0.29, 0.717) is 12.1 Å². The van der Waals surface area contributed by atoms with Crippen LogP contribution in [0.25, 0.3) is 11.3 Å². The molecule has 0 bridgehead atoms. The maximum atomic E-state index is 13.1. The Morgan fingerprint density at radius 1 is 1.07 bits per heavy atom. The quantitative estimate of drug-likeness (QED) is 0.697. The normalized spacial score (nSPS) is 13.9. The van der Waals surface area contributed by atoms with E-state index in [0.717, 1.165) is 28.3 Å². The van der Waals surface area contributed by atoms with Crippen LogP contribution in [0.4, 0.5) is 11.4 Å². The summed E-state index contributed by atoms with van der Waals surface area (Å²) in [4.78, 5) is 35.0. The Hall–Kier alpha value is -3.41. The van der Waals surface area contributed by atoms with Crippen molar-refractivity contribution in [1.29, 1.82) is 0 Å². The molecule has 0 radical (unpaired) electrons. The Labute approximate surface area is 170 Å². The second-order valence-electron chi connectivity index (χ2n) is 8.29. The first-order valence-corrected chi connectivity index (χ1v) is 9.64. The van der Waals surface area contributed by atoms with Crippen LogP contribution in [0.1, 0.15) is 36.8 Å². The number of nitrogens with zero attached hydrogens (tertiary/aromatic N) is 2. The fraction of sp³-hybridized carbons (Fsp3) is 0.261. The lowest BCUT2D eigenvalue weighted by atomic mass is 9.93. The van der Waals surface area contributed by atoms with Gasteiger partial charge in [0.15, 0.2) is 5.78 Å². The van der Waals surface area contributed by atoms with Gasteiger partial charge in [0.1, 0.15) is 0 Å². The van der Waals surface area contributed by atoms with Crippen molar-refractivity contribution in [2.45, 2.75) is 27.3 Å². The van der Waals surface area contributed by atoms with Crippen LogP contribution >= 0.6 is 0 Å². The smallest absolute Gasteiger partial charge is 0.228 e. The standard InChI is InChI=1S/C23H24N4O2/c1-23(2,3)22(29)27-13-17-19(18(28)14-27)21(25-16-7-5-4-6-8-16)20(26-17)15-9-11-24-12-10-15/h4-12,25-26H,13-14H2,1-3H3. The molecule has 1 amide bonds. The number of H-pyrrole nitrogens is 1. The Kier molecular flexibility index (Phi) is 4.70. The van der Waals surface area contributed by atoms with E-state index < -0.39 is 5.41 Å².